The van der Waals surface area contributed by atoms with Crippen LogP contribution in [0.15, 0.2) is 0 Å². The van der Waals surface area contributed by atoms with Gasteiger partial charge in [-0.15, -0.1) is 0 Å². The summed E-state index contributed by atoms with van der Waals surface area (Å²) in [4.78, 5) is 11.4. The van der Waals surface area contributed by atoms with E-state index in [1.165, 1.54) is 19.3 Å². The second kappa shape index (κ2) is 9.65. The Morgan fingerprint density at radius 3 is 2.44 bits per heavy atom. The van der Waals surface area contributed by atoms with Crippen molar-refractivity contribution in [1.29, 1.82) is 0 Å². The number of nitrogens with one attached hydrogen (secondary N) is 1. The van der Waals surface area contributed by atoms with Crippen molar-refractivity contribution in [2.24, 2.45) is 0 Å². The van der Waals surface area contributed by atoms with E-state index >= 15 is 0 Å². The predicted molar refractivity (Wildman–Crippen MR) is 81.9 cm³/mol. The average molecular weight is 408 g/mol. The molecule has 0 bridgehead atoms. The molecule has 0 aromatic rings. The van der Waals surface area contributed by atoms with Gasteiger partial charge in [-0.05, 0) is 0 Å². The van der Waals surface area contributed by atoms with Crippen molar-refractivity contribution in [1.82, 2.24) is 3.53 Å². The Morgan fingerprint density at radius 1 is 1.25 bits per heavy atom. The second-order valence-corrected chi connectivity index (χ2v) is 7.71. The number of unbranched alkanes of at least 4 members (excludes halogenated alkanes) is 3. The minimum absolute atomic E-state index is 0.0432. The van der Waals surface area contributed by atoms with Crippen molar-refractivity contribution in [3.63, 3.8) is 0 Å². The van der Waals surface area contributed by atoms with Gasteiger partial charge in [-0.25, -0.2) is 0 Å². The van der Waals surface area contributed by atoms with E-state index in [0.717, 1.165) is 18.3 Å². The molecule has 0 radical (unpaired) electrons. The first-order valence-electron chi connectivity index (χ1n) is 5.64. The molecule has 3 nitrogen and oxygen atoms in total. The SMILES string of the molecule is CC(C)(C)OC(=O)[IH]NCCCCCCBr. The van der Waals surface area contributed by atoms with Crippen LogP contribution in [-0.4, -0.2) is 21.5 Å². The van der Waals surface area contributed by atoms with Crippen molar-refractivity contribution >= 4 is 41.4 Å². The molecule has 0 rings (SSSR count). The van der Waals surface area contributed by atoms with Crippen LogP contribution >= 0.6 is 37.4 Å². The van der Waals surface area contributed by atoms with Crippen LogP contribution in [0.2, 0.25) is 0 Å². The van der Waals surface area contributed by atoms with Crippen LogP contribution in [0.5, 0.6) is 0 Å². The van der Waals surface area contributed by atoms with Crippen molar-refractivity contribution in [2.75, 3.05) is 11.9 Å². The molecule has 0 fully saturated rings. The molecular formula is C11H23BrINO2. The Morgan fingerprint density at radius 2 is 1.88 bits per heavy atom. The molecule has 0 aromatic heterocycles. The fourth-order valence-electron chi connectivity index (χ4n) is 1.03. The number of hydrogen-bond donors (Lipinski definition) is 1. The van der Waals surface area contributed by atoms with E-state index in [-0.39, 0.29) is 9.58 Å². The molecule has 5 heteroatoms. The maximum atomic E-state index is 11.4. The van der Waals surface area contributed by atoms with Crippen molar-refractivity contribution < 1.29 is 9.53 Å². The van der Waals surface area contributed by atoms with Gasteiger partial charge in [-0.3, -0.25) is 0 Å². The summed E-state index contributed by atoms with van der Waals surface area (Å²) in [6, 6.07) is 0. The van der Waals surface area contributed by atoms with Crippen LogP contribution in [0.3, 0.4) is 0 Å². The predicted octanol–water partition coefficient (Wildman–Crippen LogP) is 4.08. The van der Waals surface area contributed by atoms with Crippen molar-refractivity contribution in [3.05, 3.63) is 0 Å². The van der Waals surface area contributed by atoms with E-state index in [1.807, 2.05) is 20.8 Å². The van der Waals surface area contributed by atoms with Crippen molar-refractivity contribution in [3.8, 4) is 0 Å². The summed E-state index contributed by atoms with van der Waals surface area (Å²) in [6.07, 6.45) is 4.89. The topological polar surface area (TPSA) is 38.3 Å². The fraction of sp³-hybridized carbons (Fsp3) is 0.909. The Kier molecular flexibility index (Phi) is 10.0. The van der Waals surface area contributed by atoms with E-state index in [1.54, 1.807) is 0 Å². The first-order valence-corrected chi connectivity index (χ1v) is 9.09. The van der Waals surface area contributed by atoms with Crippen molar-refractivity contribution in [2.45, 2.75) is 52.1 Å². The molecule has 0 heterocycles. The van der Waals surface area contributed by atoms with E-state index < -0.39 is 21.5 Å². The molecule has 0 saturated carbocycles. The molecule has 0 spiro atoms. The van der Waals surface area contributed by atoms with Crippen LogP contribution in [0.25, 0.3) is 0 Å². The number of halogens is 2. The zero-order valence-electron chi connectivity index (χ0n) is 10.3. The van der Waals surface area contributed by atoms with Gasteiger partial charge in [0.2, 0.25) is 0 Å². The van der Waals surface area contributed by atoms with Gasteiger partial charge in [0.1, 0.15) is 0 Å². The van der Waals surface area contributed by atoms with Crippen LogP contribution in [-0.2, 0) is 4.74 Å². The Balaban J connectivity index is 3.28. The van der Waals surface area contributed by atoms with E-state index in [4.69, 9.17) is 4.74 Å². The summed E-state index contributed by atoms with van der Waals surface area (Å²) in [5.74, 6) is 0. The van der Waals surface area contributed by atoms with Gasteiger partial charge in [0, 0.05) is 0 Å². The van der Waals surface area contributed by atoms with E-state index in [0.29, 0.717) is 0 Å². The van der Waals surface area contributed by atoms with Gasteiger partial charge in [0.25, 0.3) is 0 Å². The van der Waals surface area contributed by atoms with Gasteiger partial charge in [0.15, 0.2) is 0 Å². The molecule has 0 atom stereocenters. The average Bonchev–Trinajstić information content (AvgIpc) is 2.13. The molecule has 16 heavy (non-hydrogen) atoms. The van der Waals surface area contributed by atoms with Gasteiger partial charge >= 0.3 is 118 Å². The van der Waals surface area contributed by atoms with Crippen LogP contribution < -0.4 is 3.53 Å². The summed E-state index contributed by atoms with van der Waals surface area (Å²) >= 11 is 2.58. The zero-order chi connectivity index (χ0) is 12.4. The zero-order valence-corrected chi connectivity index (χ0v) is 14.3. The Labute approximate surface area is 118 Å². The molecule has 0 aliphatic heterocycles. The molecule has 0 aliphatic rings. The Hall–Kier alpha value is 0.640. The molecule has 0 aromatic carbocycles. The third-order valence-electron chi connectivity index (χ3n) is 1.71. The summed E-state index contributed by atoms with van der Waals surface area (Å²) in [7, 11) is 0. The summed E-state index contributed by atoms with van der Waals surface area (Å²) in [5.41, 5.74) is -0.348. The molecule has 0 amide bonds. The summed E-state index contributed by atoms with van der Waals surface area (Å²) < 4.78 is 8.42. The normalized spacial score (nSPS) is 11.8. The number of carbonyl (C=O) groups is 1. The molecule has 0 aliphatic carbocycles. The van der Waals surface area contributed by atoms with E-state index in [9.17, 15) is 4.79 Å². The quantitative estimate of drug-likeness (QED) is 0.216. The molecule has 0 unspecified atom stereocenters. The number of hydrogen-bond acceptors (Lipinski definition) is 3. The van der Waals surface area contributed by atoms with Gasteiger partial charge in [0.05, 0.1) is 0 Å². The monoisotopic (exact) mass is 407 g/mol. The minimum atomic E-state index is -0.826. The van der Waals surface area contributed by atoms with Gasteiger partial charge in [-0.1, -0.05) is 0 Å². The number of ether oxygens (including phenoxy) is 1. The van der Waals surface area contributed by atoms with Gasteiger partial charge < -0.3 is 0 Å². The van der Waals surface area contributed by atoms with E-state index in [2.05, 4.69) is 19.5 Å². The Bertz CT molecular complexity index is 195. The standard InChI is InChI=1S/C11H23BrINO2/c1-11(2,3)16-10(15)13-14-9-7-5-4-6-8-12/h13-14H,4-9H2,1-3H3. The van der Waals surface area contributed by atoms with Gasteiger partial charge in [-0.2, -0.15) is 0 Å². The first kappa shape index (κ1) is 16.6. The number of rotatable bonds is 8. The third-order valence-corrected chi connectivity index (χ3v) is 3.98. The van der Waals surface area contributed by atoms with Crippen LogP contribution in [0, 0.1) is 0 Å². The molecular weight excluding hydrogens is 385 g/mol. The maximum absolute atomic E-state index is 11.4. The third kappa shape index (κ3) is 12.7. The van der Waals surface area contributed by atoms with Crippen LogP contribution in [0.4, 0.5) is 4.79 Å². The molecule has 98 valence electrons. The van der Waals surface area contributed by atoms with Crippen LogP contribution in [0.1, 0.15) is 46.5 Å². The molecule has 0 saturated heterocycles. The summed E-state index contributed by atoms with van der Waals surface area (Å²) in [6.45, 7) is 6.65. The first-order chi connectivity index (χ1) is 7.45. The number of carbonyl (C=O) groups excluding carboxylic acids is 1. The second-order valence-electron chi connectivity index (χ2n) is 4.56. The number of alkyl halides is 1. The molecule has 1 N–H and O–H groups in total. The summed E-state index contributed by atoms with van der Waals surface area (Å²) in [5, 5.41) is 1.09. The fourth-order valence-corrected chi connectivity index (χ4v) is 3.29.